The first-order valence-electron chi connectivity index (χ1n) is 12.0. The fraction of sp³-hybridized carbons (Fsp3) is 0.480. The van der Waals surface area contributed by atoms with Crippen molar-refractivity contribution in [2.24, 2.45) is 5.92 Å². The molecule has 3 heterocycles. The van der Waals surface area contributed by atoms with Crippen LogP contribution in [0.4, 0.5) is 21.0 Å². The third-order valence-corrected chi connectivity index (χ3v) is 7.10. The van der Waals surface area contributed by atoms with Crippen molar-refractivity contribution in [1.82, 2.24) is 14.8 Å². The summed E-state index contributed by atoms with van der Waals surface area (Å²) in [6.07, 6.45) is 6.75. The minimum atomic E-state index is -0.444. The minimum absolute atomic E-state index is 0.0308. The number of fused-ring (bicyclic) bond motifs is 4. The van der Waals surface area contributed by atoms with Crippen molar-refractivity contribution >= 4 is 23.4 Å². The molecule has 2 fully saturated rings. The van der Waals surface area contributed by atoms with Gasteiger partial charge in [0.05, 0.1) is 0 Å². The molecule has 1 aliphatic carbocycles. The number of nitrogens with zero attached hydrogens (tertiary/aromatic N) is 2. The number of nitrogens with one attached hydrogen (secondary N) is 3. The van der Waals surface area contributed by atoms with Crippen LogP contribution in [0.5, 0.6) is 0 Å². The topological polar surface area (TPSA) is 95.5 Å². The van der Waals surface area contributed by atoms with Gasteiger partial charge in [0.15, 0.2) is 0 Å². The van der Waals surface area contributed by atoms with E-state index in [0.29, 0.717) is 31.4 Å². The maximum atomic E-state index is 13.1. The van der Waals surface area contributed by atoms with Gasteiger partial charge in [0.1, 0.15) is 5.69 Å². The molecular weight excluding hydrogens is 418 g/mol. The number of aromatic nitrogens is 1. The van der Waals surface area contributed by atoms with Crippen molar-refractivity contribution in [2.75, 3.05) is 23.7 Å². The molecule has 0 spiro atoms. The first-order valence-corrected chi connectivity index (χ1v) is 12.0. The highest BCUT2D eigenvalue weighted by Gasteiger charge is 2.37. The molecule has 1 aromatic heterocycles. The van der Waals surface area contributed by atoms with Crippen LogP contribution in [0.3, 0.4) is 0 Å². The largest absolute Gasteiger partial charge is 0.335 e. The standard InChI is InChI=1S/C25H31N5O3/c31-23-21(28-24(32)26-19-7-3-1-4-8-19)11-12-22-18-13-17(15-30(22)23)14-29(16-18)25(33)27-20-9-5-2-6-10-20/h1,3-4,7-8,11-12,17-18,20H,2,5-6,9-10,13-16H2,(H,27,33)(H2,26,28,32). The molecule has 1 saturated heterocycles. The second kappa shape index (κ2) is 9.29. The Balaban J connectivity index is 1.27. The molecule has 1 aromatic carbocycles. The first kappa shape index (κ1) is 21.6. The molecule has 3 aliphatic rings. The molecule has 8 heteroatoms. The van der Waals surface area contributed by atoms with Crippen molar-refractivity contribution < 1.29 is 9.59 Å². The number of hydrogen-bond acceptors (Lipinski definition) is 3. The Morgan fingerprint density at radius 2 is 1.67 bits per heavy atom. The van der Waals surface area contributed by atoms with Crippen LogP contribution in [0.1, 0.15) is 50.1 Å². The predicted molar refractivity (Wildman–Crippen MR) is 128 cm³/mol. The van der Waals surface area contributed by atoms with Gasteiger partial charge in [-0.3, -0.25) is 4.79 Å². The highest BCUT2D eigenvalue weighted by atomic mass is 16.2. The van der Waals surface area contributed by atoms with Gasteiger partial charge in [-0.15, -0.1) is 0 Å². The Morgan fingerprint density at radius 1 is 0.879 bits per heavy atom. The number of anilines is 2. The van der Waals surface area contributed by atoms with Gasteiger partial charge in [-0.05, 0) is 49.4 Å². The summed E-state index contributed by atoms with van der Waals surface area (Å²) in [5, 5.41) is 8.66. The summed E-state index contributed by atoms with van der Waals surface area (Å²) in [6.45, 7) is 1.84. The van der Waals surface area contributed by atoms with Gasteiger partial charge in [-0.2, -0.15) is 0 Å². The van der Waals surface area contributed by atoms with E-state index in [1.807, 2.05) is 29.2 Å². The molecular formula is C25H31N5O3. The van der Waals surface area contributed by atoms with Crippen molar-refractivity contribution in [1.29, 1.82) is 0 Å². The second-order valence-corrected chi connectivity index (χ2v) is 9.52. The second-order valence-electron chi connectivity index (χ2n) is 9.52. The highest BCUT2D eigenvalue weighted by Crippen LogP contribution is 2.35. The fourth-order valence-corrected chi connectivity index (χ4v) is 5.53. The minimum Gasteiger partial charge on any atom is -0.335 e. The SMILES string of the molecule is O=C(Nc1ccccc1)Nc1ccc2n(c1=O)CC1CC2CN(C(=O)NC2CCCCC2)C1. The van der Waals surface area contributed by atoms with E-state index in [1.165, 1.54) is 19.3 Å². The van der Waals surface area contributed by atoms with E-state index in [9.17, 15) is 14.4 Å². The fourth-order valence-electron chi connectivity index (χ4n) is 5.53. The van der Waals surface area contributed by atoms with Crippen LogP contribution < -0.4 is 21.5 Å². The molecule has 1 saturated carbocycles. The van der Waals surface area contributed by atoms with Crippen LogP contribution in [-0.2, 0) is 6.54 Å². The lowest BCUT2D eigenvalue weighted by molar-refractivity contribution is 0.127. The number of amides is 4. The number of pyridine rings is 1. The molecule has 8 nitrogen and oxygen atoms in total. The predicted octanol–water partition coefficient (Wildman–Crippen LogP) is 3.95. The number of likely N-dealkylation sites (tertiary alicyclic amines) is 1. The molecule has 2 aromatic rings. The van der Waals surface area contributed by atoms with Gasteiger partial charge in [0, 0.05) is 43.0 Å². The lowest BCUT2D eigenvalue weighted by Gasteiger charge is -2.43. The Labute approximate surface area is 193 Å². The quantitative estimate of drug-likeness (QED) is 0.662. The average molecular weight is 450 g/mol. The Morgan fingerprint density at radius 3 is 2.45 bits per heavy atom. The molecule has 3 N–H and O–H groups in total. The number of rotatable bonds is 3. The number of hydrogen-bond donors (Lipinski definition) is 3. The zero-order valence-corrected chi connectivity index (χ0v) is 18.8. The Hall–Kier alpha value is -3.29. The van der Waals surface area contributed by atoms with Gasteiger partial charge in [0.2, 0.25) is 0 Å². The van der Waals surface area contributed by atoms with Gasteiger partial charge >= 0.3 is 12.1 Å². The lowest BCUT2D eigenvalue weighted by Crippen LogP contribution is -2.53. The average Bonchev–Trinajstić information content (AvgIpc) is 2.82. The van der Waals surface area contributed by atoms with Crippen molar-refractivity contribution in [3.8, 4) is 0 Å². The number of urea groups is 2. The van der Waals surface area contributed by atoms with Crippen molar-refractivity contribution in [3.63, 3.8) is 0 Å². The zero-order valence-electron chi connectivity index (χ0n) is 18.8. The molecule has 2 bridgehead atoms. The van der Waals surface area contributed by atoms with E-state index in [1.54, 1.807) is 22.8 Å². The summed E-state index contributed by atoms with van der Waals surface area (Å²) in [6, 6.07) is 12.6. The third kappa shape index (κ3) is 4.74. The summed E-state index contributed by atoms with van der Waals surface area (Å²) < 4.78 is 1.79. The normalized spacial score (nSPS) is 22.2. The number of piperidine rings is 1. The summed E-state index contributed by atoms with van der Waals surface area (Å²) in [5.74, 6) is 0.369. The van der Waals surface area contributed by atoms with E-state index in [4.69, 9.17) is 0 Å². The van der Waals surface area contributed by atoms with Gasteiger partial charge in [0.25, 0.3) is 5.56 Å². The molecule has 0 radical (unpaired) electrons. The smallest absolute Gasteiger partial charge is 0.323 e. The number of para-hydroxylation sites is 1. The first-order chi connectivity index (χ1) is 16.1. The number of carbonyl (C=O) groups excluding carboxylic acids is 2. The van der Waals surface area contributed by atoms with Gasteiger partial charge < -0.3 is 25.4 Å². The molecule has 2 unspecified atom stereocenters. The number of benzene rings is 1. The summed E-state index contributed by atoms with van der Waals surface area (Å²) in [5.41, 5.74) is 1.68. The lowest BCUT2D eigenvalue weighted by atomic mass is 9.83. The van der Waals surface area contributed by atoms with Crippen LogP contribution in [-0.4, -0.2) is 40.7 Å². The van der Waals surface area contributed by atoms with Crippen LogP contribution in [0.25, 0.3) is 0 Å². The van der Waals surface area contributed by atoms with E-state index in [0.717, 1.165) is 25.0 Å². The van der Waals surface area contributed by atoms with E-state index >= 15 is 0 Å². The number of carbonyl (C=O) groups is 2. The van der Waals surface area contributed by atoms with E-state index in [2.05, 4.69) is 16.0 Å². The Bertz CT molecular complexity index is 1080. The van der Waals surface area contributed by atoms with Crippen LogP contribution in [0, 0.1) is 5.92 Å². The van der Waals surface area contributed by atoms with E-state index < -0.39 is 6.03 Å². The monoisotopic (exact) mass is 449 g/mol. The summed E-state index contributed by atoms with van der Waals surface area (Å²) in [7, 11) is 0. The van der Waals surface area contributed by atoms with Crippen LogP contribution in [0.2, 0.25) is 0 Å². The summed E-state index contributed by atoms with van der Waals surface area (Å²) >= 11 is 0. The highest BCUT2D eigenvalue weighted by molar-refractivity contribution is 5.99. The van der Waals surface area contributed by atoms with Gasteiger partial charge in [-0.25, -0.2) is 9.59 Å². The molecule has 174 valence electrons. The maximum absolute atomic E-state index is 13.1. The van der Waals surface area contributed by atoms with Crippen LogP contribution >= 0.6 is 0 Å². The van der Waals surface area contributed by atoms with Crippen molar-refractivity contribution in [3.05, 3.63) is 58.5 Å². The molecule has 2 aliphatic heterocycles. The third-order valence-electron chi connectivity index (χ3n) is 7.10. The zero-order chi connectivity index (χ0) is 22.8. The Kier molecular flexibility index (Phi) is 6.07. The van der Waals surface area contributed by atoms with Gasteiger partial charge in [-0.1, -0.05) is 37.5 Å². The van der Waals surface area contributed by atoms with E-state index in [-0.39, 0.29) is 29.1 Å². The molecule has 2 atom stereocenters. The molecule has 33 heavy (non-hydrogen) atoms. The molecule has 5 rings (SSSR count). The molecule has 4 amide bonds. The summed E-state index contributed by atoms with van der Waals surface area (Å²) in [4.78, 5) is 40.3. The maximum Gasteiger partial charge on any atom is 0.323 e. The van der Waals surface area contributed by atoms with Crippen LogP contribution in [0.15, 0.2) is 47.3 Å². The van der Waals surface area contributed by atoms with Crippen molar-refractivity contribution in [2.45, 2.75) is 57.0 Å².